The number of non-ortho nitro benzene ring substituents is 1. The van der Waals surface area contributed by atoms with E-state index in [1.54, 1.807) is 18.2 Å². The van der Waals surface area contributed by atoms with Crippen molar-refractivity contribution in [3.8, 4) is 11.5 Å². The summed E-state index contributed by atoms with van der Waals surface area (Å²) in [4.78, 5) is 10.3. The number of hydrogen-bond acceptors (Lipinski definition) is 5. The summed E-state index contributed by atoms with van der Waals surface area (Å²) in [5.74, 6) is 0.906. The summed E-state index contributed by atoms with van der Waals surface area (Å²) >= 11 is 15.9. The Labute approximate surface area is 192 Å². The van der Waals surface area contributed by atoms with Crippen LogP contribution in [-0.2, 0) is 13.2 Å². The van der Waals surface area contributed by atoms with Crippen molar-refractivity contribution in [3.63, 3.8) is 0 Å². The van der Waals surface area contributed by atoms with Crippen LogP contribution in [0.4, 0.5) is 11.4 Å². The molecule has 156 valence electrons. The van der Waals surface area contributed by atoms with Crippen LogP contribution in [0.15, 0.2) is 59.1 Å². The molecular formula is C21H17BrCl2N2O4. The third-order valence-corrected chi connectivity index (χ3v) is 5.75. The molecule has 3 aromatic carbocycles. The molecule has 0 unspecified atom stereocenters. The highest BCUT2D eigenvalue weighted by Gasteiger charge is 2.13. The number of anilines is 1. The van der Waals surface area contributed by atoms with Crippen molar-refractivity contribution in [1.82, 2.24) is 0 Å². The molecule has 30 heavy (non-hydrogen) atoms. The minimum Gasteiger partial charge on any atom is -0.493 e. The lowest BCUT2D eigenvalue weighted by atomic mass is 10.2. The Hall–Kier alpha value is -2.48. The van der Waals surface area contributed by atoms with E-state index in [1.807, 2.05) is 24.3 Å². The number of methoxy groups -OCH3 is 1. The molecule has 0 radical (unpaired) electrons. The Balaban J connectivity index is 1.70. The van der Waals surface area contributed by atoms with Gasteiger partial charge in [-0.05, 0) is 69.5 Å². The number of benzene rings is 3. The summed E-state index contributed by atoms with van der Waals surface area (Å²) in [5, 5.41) is 15.1. The van der Waals surface area contributed by atoms with E-state index in [4.69, 9.17) is 32.7 Å². The third-order valence-electron chi connectivity index (χ3n) is 4.24. The Kier molecular flexibility index (Phi) is 7.42. The molecule has 6 nitrogen and oxygen atoms in total. The molecule has 0 spiro atoms. The highest BCUT2D eigenvalue weighted by molar-refractivity contribution is 9.10. The van der Waals surface area contributed by atoms with Gasteiger partial charge in [0.2, 0.25) is 0 Å². The molecule has 1 N–H and O–H groups in total. The van der Waals surface area contributed by atoms with Crippen molar-refractivity contribution in [2.24, 2.45) is 0 Å². The van der Waals surface area contributed by atoms with Gasteiger partial charge in [-0.1, -0.05) is 23.2 Å². The molecule has 0 bridgehead atoms. The van der Waals surface area contributed by atoms with Crippen LogP contribution in [0, 0.1) is 10.1 Å². The quantitative estimate of drug-likeness (QED) is 0.264. The van der Waals surface area contributed by atoms with E-state index in [1.165, 1.54) is 19.2 Å². The van der Waals surface area contributed by atoms with E-state index >= 15 is 0 Å². The van der Waals surface area contributed by atoms with E-state index in [-0.39, 0.29) is 12.3 Å². The van der Waals surface area contributed by atoms with Gasteiger partial charge in [0.1, 0.15) is 6.61 Å². The molecule has 9 heteroatoms. The number of hydrogen-bond donors (Lipinski definition) is 1. The average molecular weight is 512 g/mol. The van der Waals surface area contributed by atoms with Gasteiger partial charge < -0.3 is 14.8 Å². The fraction of sp³-hybridized carbons (Fsp3) is 0.143. The molecule has 3 rings (SSSR count). The average Bonchev–Trinajstić information content (AvgIpc) is 2.73. The van der Waals surface area contributed by atoms with Crippen LogP contribution >= 0.6 is 39.1 Å². The molecule has 0 aliphatic rings. The van der Waals surface area contributed by atoms with Crippen LogP contribution in [0.3, 0.4) is 0 Å². The molecule has 0 aliphatic carbocycles. The lowest BCUT2D eigenvalue weighted by molar-refractivity contribution is -0.384. The molecule has 0 amide bonds. The zero-order valence-electron chi connectivity index (χ0n) is 15.8. The van der Waals surface area contributed by atoms with E-state index < -0.39 is 4.92 Å². The fourth-order valence-corrected chi connectivity index (χ4v) is 3.41. The molecule has 0 atom stereocenters. The van der Waals surface area contributed by atoms with Gasteiger partial charge in [0.15, 0.2) is 11.5 Å². The number of rotatable bonds is 8. The summed E-state index contributed by atoms with van der Waals surface area (Å²) < 4.78 is 12.1. The lowest BCUT2D eigenvalue weighted by Gasteiger charge is -2.15. The maximum atomic E-state index is 10.8. The molecule has 0 saturated carbocycles. The van der Waals surface area contributed by atoms with Gasteiger partial charge >= 0.3 is 0 Å². The summed E-state index contributed by atoms with van der Waals surface area (Å²) in [7, 11) is 1.54. The van der Waals surface area contributed by atoms with E-state index in [0.717, 1.165) is 21.3 Å². The van der Waals surface area contributed by atoms with Crippen LogP contribution in [-0.4, -0.2) is 12.0 Å². The van der Waals surface area contributed by atoms with Crippen LogP contribution in [0.25, 0.3) is 0 Å². The van der Waals surface area contributed by atoms with E-state index in [0.29, 0.717) is 28.1 Å². The first-order valence-electron chi connectivity index (χ1n) is 8.79. The van der Waals surface area contributed by atoms with Crippen molar-refractivity contribution in [1.29, 1.82) is 0 Å². The second-order valence-electron chi connectivity index (χ2n) is 6.30. The summed E-state index contributed by atoms with van der Waals surface area (Å²) in [6, 6.07) is 15.4. The number of nitrogens with one attached hydrogen (secondary N) is 1. The molecule has 0 aromatic heterocycles. The smallest absolute Gasteiger partial charge is 0.269 e. The van der Waals surface area contributed by atoms with Crippen molar-refractivity contribution in [3.05, 3.63) is 90.4 Å². The molecule has 0 aliphatic heterocycles. The zero-order chi connectivity index (χ0) is 21.7. The first-order valence-corrected chi connectivity index (χ1v) is 10.3. The van der Waals surface area contributed by atoms with Gasteiger partial charge in [0, 0.05) is 28.8 Å². The third kappa shape index (κ3) is 5.56. The van der Waals surface area contributed by atoms with Crippen molar-refractivity contribution < 1.29 is 14.4 Å². The minimum atomic E-state index is -0.445. The van der Waals surface area contributed by atoms with Crippen molar-refractivity contribution in [2.45, 2.75) is 13.2 Å². The molecular weight excluding hydrogens is 495 g/mol. The molecule has 3 aromatic rings. The molecule has 0 fully saturated rings. The van der Waals surface area contributed by atoms with Crippen molar-refractivity contribution in [2.75, 3.05) is 12.4 Å². The normalized spacial score (nSPS) is 10.5. The Morgan fingerprint density at radius 2 is 1.77 bits per heavy atom. The first kappa shape index (κ1) is 22.2. The SMILES string of the molecule is COc1cc(CNc2ccc(Br)c(Cl)c2)cc(Cl)c1OCc1ccc([N+](=O)[O-])cc1. The molecule has 0 heterocycles. The van der Waals surface area contributed by atoms with Gasteiger partial charge in [-0.3, -0.25) is 10.1 Å². The van der Waals surface area contributed by atoms with Crippen LogP contribution in [0.2, 0.25) is 10.0 Å². The van der Waals surface area contributed by atoms with Gasteiger partial charge in [-0.15, -0.1) is 0 Å². The summed E-state index contributed by atoms with van der Waals surface area (Å²) in [6.07, 6.45) is 0. The predicted molar refractivity (Wildman–Crippen MR) is 122 cm³/mol. The van der Waals surface area contributed by atoms with Gasteiger partial charge in [0.25, 0.3) is 5.69 Å². The first-order chi connectivity index (χ1) is 14.4. The Bertz CT molecular complexity index is 1060. The Morgan fingerprint density at radius 1 is 1.03 bits per heavy atom. The fourth-order valence-electron chi connectivity index (χ4n) is 2.69. The maximum absolute atomic E-state index is 10.8. The zero-order valence-corrected chi connectivity index (χ0v) is 18.9. The highest BCUT2D eigenvalue weighted by Crippen LogP contribution is 2.37. The van der Waals surface area contributed by atoms with Gasteiger partial charge in [-0.2, -0.15) is 0 Å². The topological polar surface area (TPSA) is 73.6 Å². The largest absolute Gasteiger partial charge is 0.493 e. The monoisotopic (exact) mass is 510 g/mol. The van der Waals surface area contributed by atoms with E-state index in [2.05, 4.69) is 21.2 Å². The minimum absolute atomic E-state index is 0.0262. The lowest BCUT2D eigenvalue weighted by Crippen LogP contribution is -2.03. The standard InChI is InChI=1S/C21H17BrCl2N2O4/c1-29-20-9-14(11-25-15-4-7-17(22)18(23)10-15)8-19(24)21(20)30-12-13-2-5-16(6-3-13)26(27)28/h2-10,25H,11-12H2,1H3. The second kappa shape index (κ2) is 10.0. The van der Waals surface area contributed by atoms with Gasteiger partial charge in [-0.25, -0.2) is 0 Å². The van der Waals surface area contributed by atoms with Crippen LogP contribution in [0.5, 0.6) is 11.5 Å². The highest BCUT2D eigenvalue weighted by atomic mass is 79.9. The number of halogens is 3. The predicted octanol–water partition coefficient (Wildman–Crippen LogP) is 6.86. The number of nitro groups is 1. The van der Waals surface area contributed by atoms with Crippen LogP contribution in [0.1, 0.15) is 11.1 Å². The molecule has 0 saturated heterocycles. The number of nitro benzene ring substituents is 1. The Morgan fingerprint density at radius 3 is 2.40 bits per heavy atom. The number of ether oxygens (including phenoxy) is 2. The summed E-state index contributed by atoms with van der Waals surface area (Å²) in [6.45, 7) is 0.708. The van der Waals surface area contributed by atoms with Crippen molar-refractivity contribution >= 4 is 50.5 Å². The maximum Gasteiger partial charge on any atom is 0.269 e. The van der Waals surface area contributed by atoms with Gasteiger partial charge in [0.05, 0.1) is 22.1 Å². The van der Waals surface area contributed by atoms with E-state index in [9.17, 15) is 10.1 Å². The van der Waals surface area contributed by atoms with Crippen LogP contribution < -0.4 is 14.8 Å². The second-order valence-corrected chi connectivity index (χ2v) is 7.97. The summed E-state index contributed by atoms with van der Waals surface area (Å²) in [5.41, 5.74) is 2.57. The number of nitrogens with zero attached hydrogens (tertiary/aromatic N) is 1.